The van der Waals surface area contributed by atoms with E-state index in [1.807, 2.05) is 25.7 Å². The Balaban J connectivity index is 2.60. The maximum atomic E-state index is 12.1. The summed E-state index contributed by atoms with van der Waals surface area (Å²) in [7, 11) is 0. The van der Waals surface area contributed by atoms with Gasteiger partial charge in [-0.2, -0.15) is 0 Å². The number of hydrogen-bond acceptors (Lipinski definition) is 2. The number of ether oxygens (including phenoxy) is 1. The largest absolute Gasteiger partial charge is 0.444 e. The molecule has 0 radical (unpaired) electrons. The van der Waals surface area contributed by atoms with Gasteiger partial charge < -0.3 is 9.64 Å². The number of likely N-dealkylation sites (tertiary alicyclic amines) is 1. The maximum absolute atomic E-state index is 12.1. The second kappa shape index (κ2) is 5.10. The number of carbonyl (C=O) groups is 1. The van der Waals surface area contributed by atoms with Gasteiger partial charge in [0.1, 0.15) is 5.60 Å². The van der Waals surface area contributed by atoms with Gasteiger partial charge in [-0.3, -0.25) is 0 Å². The molecule has 1 aliphatic heterocycles. The van der Waals surface area contributed by atoms with E-state index in [9.17, 15) is 4.79 Å². The van der Waals surface area contributed by atoms with Crippen LogP contribution in [0.4, 0.5) is 4.79 Å². The summed E-state index contributed by atoms with van der Waals surface area (Å²) in [6, 6.07) is 0.276. The Bertz CT molecular complexity index is 299. The van der Waals surface area contributed by atoms with Crippen LogP contribution in [0.2, 0.25) is 0 Å². The molecule has 1 aliphatic rings. The van der Waals surface area contributed by atoms with Crippen molar-refractivity contribution in [2.75, 3.05) is 6.54 Å². The minimum Gasteiger partial charge on any atom is -0.444 e. The number of piperidine rings is 1. The topological polar surface area (TPSA) is 29.5 Å². The molecule has 0 N–H and O–H groups in total. The molecule has 0 saturated carbocycles. The number of rotatable bonds is 0. The molecule has 0 unspecified atom stereocenters. The lowest BCUT2D eigenvalue weighted by atomic mass is 9.73. The van der Waals surface area contributed by atoms with Gasteiger partial charge in [-0.05, 0) is 51.9 Å². The van der Waals surface area contributed by atoms with E-state index < -0.39 is 5.60 Å². The Morgan fingerprint density at radius 2 is 1.72 bits per heavy atom. The molecule has 1 rings (SSSR count). The van der Waals surface area contributed by atoms with Crippen LogP contribution in [0.25, 0.3) is 0 Å². The minimum atomic E-state index is -0.405. The Kier molecular flexibility index (Phi) is 4.34. The lowest BCUT2D eigenvalue weighted by molar-refractivity contribution is -0.000889. The van der Waals surface area contributed by atoms with Crippen LogP contribution >= 0.6 is 0 Å². The fourth-order valence-electron chi connectivity index (χ4n) is 2.55. The van der Waals surface area contributed by atoms with Crippen molar-refractivity contribution in [2.24, 2.45) is 11.3 Å². The number of carbonyl (C=O) groups excluding carboxylic acids is 1. The van der Waals surface area contributed by atoms with Gasteiger partial charge in [0, 0.05) is 12.6 Å². The molecule has 3 heteroatoms. The molecule has 1 fully saturated rings. The quantitative estimate of drug-likeness (QED) is 0.653. The molecule has 106 valence electrons. The summed E-state index contributed by atoms with van der Waals surface area (Å²) in [5.41, 5.74) is -0.0774. The zero-order chi connectivity index (χ0) is 14.1. The third-order valence-corrected chi connectivity index (χ3v) is 3.73. The zero-order valence-corrected chi connectivity index (χ0v) is 13.0. The number of nitrogens with zero attached hydrogens (tertiary/aromatic N) is 1. The first-order valence-electron chi connectivity index (χ1n) is 7.00. The Labute approximate surface area is 112 Å². The summed E-state index contributed by atoms with van der Waals surface area (Å²) in [4.78, 5) is 14.0. The molecule has 1 saturated heterocycles. The predicted molar refractivity (Wildman–Crippen MR) is 74.6 cm³/mol. The summed E-state index contributed by atoms with van der Waals surface area (Å²) >= 11 is 0. The molecular formula is C15H29NO2. The van der Waals surface area contributed by atoms with Gasteiger partial charge in [-0.1, -0.05) is 20.8 Å². The van der Waals surface area contributed by atoms with Gasteiger partial charge in [0.2, 0.25) is 0 Å². The molecular weight excluding hydrogens is 226 g/mol. The van der Waals surface area contributed by atoms with Crippen LogP contribution in [0.3, 0.4) is 0 Å². The first-order valence-corrected chi connectivity index (χ1v) is 7.00. The monoisotopic (exact) mass is 255 g/mol. The van der Waals surface area contributed by atoms with Crippen LogP contribution in [0.15, 0.2) is 0 Å². The van der Waals surface area contributed by atoms with E-state index in [4.69, 9.17) is 4.74 Å². The van der Waals surface area contributed by atoms with Crippen LogP contribution in [-0.2, 0) is 4.74 Å². The third kappa shape index (κ3) is 4.18. The number of hydrogen-bond donors (Lipinski definition) is 0. The highest BCUT2D eigenvalue weighted by Gasteiger charge is 2.36. The van der Waals surface area contributed by atoms with E-state index in [2.05, 4.69) is 27.7 Å². The van der Waals surface area contributed by atoms with E-state index in [1.165, 1.54) is 0 Å². The SMILES string of the molecule is C[C@H]1C[C@@H](C(C)(C)C)CCN1C(=O)OC(C)(C)C. The predicted octanol–water partition coefficient (Wildman–Crippen LogP) is 4.07. The minimum absolute atomic E-state index is 0.164. The molecule has 0 aromatic carbocycles. The summed E-state index contributed by atoms with van der Waals surface area (Å²) < 4.78 is 5.46. The Morgan fingerprint density at radius 3 is 2.11 bits per heavy atom. The van der Waals surface area contributed by atoms with Crippen molar-refractivity contribution in [2.45, 2.75) is 73.0 Å². The van der Waals surface area contributed by atoms with Crippen LogP contribution < -0.4 is 0 Å². The van der Waals surface area contributed by atoms with Crippen molar-refractivity contribution in [3.8, 4) is 0 Å². The Morgan fingerprint density at radius 1 is 1.17 bits per heavy atom. The molecule has 3 nitrogen and oxygen atoms in total. The van der Waals surface area contributed by atoms with Crippen molar-refractivity contribution in [1.82, 2.24) is 4.90 Å². The standard InChI is InChI=1S/C15H29NO2/c1-11-10-12(14(2,3)4)8-9-16(11)13(17)18-15(5,6)7/h11-12H,8-10H2,1-7H3/t11-,12-/m0/s1. The van der Waals surface area contributed by atoms with Crippen molar-refractivity contribution in [1.29, 1.82) is 0 Å². The van der Waals surface area contributed by atoms with E-state index in [0.717, 1.165) is 19.4 Å². The average molecular weight is 255 g/mol. The summed E-state index contributed by atoms with van der Waals surface area (Å²) in [5.74, 6) is 0.686. The van der Waals surface area contributed by atoms with Crippen LogP contribution in [-0.4, -0.2) is 29.2 Å². The second-order valence-corrected chi connectivity index (χ2v) is 7.61. The molecule has 1 heterocycles. The summed E-state index contributed by atoms with van der Waals surface area (Å²) in [6.45, 7) is 15.5. The van der Waals surface area contributed by atoms with Crippen molar-refractivity contribution >= 4 is 6.09 Å². The highest BCUT2D eigenvalue weighted by molar-refractivity contribution is 5.68. The summed E-state index contributed by atoms with van der Waals surface area (Å²) in [5, 5.41) is 0. The number of amides is 1. The zero-order valence-electron chi connectivity index (χ0n) is 13.0. The van der Waals surface area contributed by atoms with Crippen molar-refractivity contribution in [3.05, 3.63) is 0 Å². The first-order chi connectivity index (χ1) is 8.00. The average Bonchev–Trinajstić information content (AvgIpc) is 2.12. The third-order valence-electron chi connectivity index (χ3n) is 3.73. The second-order valence-electron chi connectivity index (χ2n) is 7.61. The smallest absolute Gasteiger partial charge is 0.410 e. The fraction of sp³-hybridized carbons (Fsp3) is 0.933. The maximum Gasteiger partial charge on any atom is 0.410 e. The van der Waals surface area contributed by atoms with Gasteiger partial charge >= 0.3 is 6.09 Å². The Hall–Kier alpha value is -0.730. The molecule has 1 amide bonds. The van der Waals surface area contributed by atoms with Crippen LogP contribution in [0.1, 0.15) is 61.3 Å². The van der Waals surface area contributed by atoms with E-state index >= 15 is 0 Å². The lowest BCUT2D eigenvalue weighted by Crippen LogP contribution is -2.48. The van der Waals surface area contributed by atoms with Gasteiger partial charge in [-0.25, -0.2) is 4.79 Å². The molecule has 0 spiro atoms. The van der Waals surface area contributed by atoms with Crippen LogP contribution in [0, 0.1) is 11.3 Å². The molecule has 2 atom stereocenters. The van der Waals surface area contributed by atoms with Gasteiger partial charge in [-0.15, -0.1) is 0 Å². The highest BCUT2D eigenvalue weighted by atomic mass is 16.6. The van der Waals surface area contributed by atoms with Crippen molar-refractivity contribution in [3.63, 3.8) is 0 Å². The van der Waals surface area contributed by atoms with E-state index in [1.54, 1.807) is 0 Å². The van der Waals surface area contributed by atoms with E-state index in [-0.39, 0.29) is 12.1 Å². The summed E-state index contributed by atoms with van der Waals surface area (Å²) in [6.07, 6.45) is 1.98. The van der Waals surface area contributed by atoms with Crippen LogP contribution in [0.5, 0.6) is 0 Å². The molecule has 18 heavy (non-hydrogen) atoms. The van der Waals surface area contributed by atoms with Gasteiger partial charge in [0.05, 0.1) is 0 Å². The van der Waals surface area contributed by atoms with Gasteiger partial charge in [0.15, 0.2) is 0 Å². The highest BCUT2D eigenvalue weighted by Crippen LogP contribution is 2.37. The molecule has 0 aromatic rings. The fourth-order valence-corrected chi connectivity index (χ4v) is 2.55. The first kappa shape index (κ1) is 15.3. The van der Waals surface area contributed by atoms with Gasteiger partial charge in [0.25, 0.3) is 0 Å². The molecule has 0 aromatic heterocycles. The van der Waals surface area contributed by atoms with E-state index in [0.29, 0.717) is 11.3 Å². The molecule has 0 bridgehead atoms. The molecule has 0 aliphatic carbocycles. The van der Waals surface area contributed by atoms with Crippen molar-refractivity contribution < 1.29 is 9.53 Å². The lowest BCUT2D eigenvalue weighted by Gasteiger charge is -2.43. The normalized spacial score (nSPS) is 26.1.